The number of benzene rings is 1. The van der Waals surface area contributed by atoms with Gasteiger partial charge in [-0.3, -0.25) is 9.69 Å². The van der Waals surface area contributed by atoms with E-state index in [1.54, 1.807) is 0 Å². The third-order valence-electron chi connectivity index (χ3n) is 3.69. The quantitative estimate of drug-likeness (QED) is 0.846. The maximum atomic E-state index is 12.1. The van der Waals surface area contributed by atoms with Gasteiger partial charge < -0.3 is 9.64 Å². The molecule has 0 unspecified atom stereocenters. The van der Waals surface area contributed by atoms with E-state index >= 15 is 0 Å². The molecule has 0 aromatic heterocycles. The van der Waals surface area contributed by atoms with Crippen molar-refractivity contribution < 1.29 is 9.53 Å². The maximum Gasteiger partial charge on any atom is 0.260 e. The first-order chi connectivity index (χ1) is 9.47. The maximum absolute atomic E-state index is 12.1. The Labute approximate surface area is 121 Å². The summed E-state index contributed by atoms with van der Waals surface area (Å²) < 4.78 is 5.51. The zero-order chi connectivity index (χ0) is 14.6. The van der Waals surface area contributed by atoms with Gasteiger partial charge in [0.2, 0.25) is 0 Å². The predicted molar refractivity (Wildman–Crippen MR) is 79.8 cm³/mol. The summed E-state index contributed by atoms with van der Waals surface area (Å²) in [5.41, 5.74) is 0.176. The van der Waals surface area contributed by atoms with E-state index in [-0.39, 0.29) is 18.1 Å². The minimum absolute atomic E-state index is 0.0717. The Balaban J connectivity index is 1.78. The van der Waals surface area contributed by atoms with Crippen molar-refractivity contribution in [3.63, 3.8) is 0 Å². The Bertz CT molecular complexity index is 432. The van der Waals surface area contributed by atoms with Crippen molar-refractivity contribution in [3.8, 4) is 5.75 Å². The normalized spacial score (nSPS) is 17.1. The Morgan fingerprint density at radius 3 is 2.25 bits per heavy atom. The van der Waals surface area contributed by atoms with E-state index in [2.05, 4.69) is 25.7 Å². The highest BCUT2D eigenvalue weighted by atomic mass is 16.5. The highest BCUT2D eigenvalue weighted by Crippen LogP contribution is 2.16. The number of hydrogen-bond donors (Lipinski definition) is 0. The van der Waals surface area contributed by atoms with Crippen molar-refractivity contribution in [2.24, 2.45) is 0 Å². The lowest BCUT2D eigenvalue weighted by Gasteiger charge is -2.42. The molecule has 0 bridgehead atoms. The smallest absolute Gasteiger partial charge is 0.260 e. The lowest BCUT2D eigenvalue weighted by molar-refractivity contribution is -0.135. The second-order valence-electron chi connectivity index (χ2n) is 6.14. The zero-order valence-corrected chi connectivity index (χ0v) is 12.6. The fraction of sp³-hybridized carbons (Fsp3) is 0.562. The molecule has 110 valence electrons. The van der Waals surface area contributed by atoms with Gasteiger partial charge in [-0.15, -0.1) is 0 Å². The number of hydrogen-bond acceptors (Lipinski definition) is 3. The van der Waals surface area contributed by atoms with Crippen LogP contribution in [0, 0.1) is 0 Å². The average molecular weight is 276 g/mol. The van der Waals surface area contributed by atoms with Crippen LogP contribution in [0.2, 0.25) is 0 Å². The molecule has 1 aromatic carbocycles. The van der Waals surface area contributed by atoms with Gasteiger partial charge in [0, 0.05) is 31.7 Å². The summed E-state index contributed by atoms with van der Waals surface area (Å²) in [6.07, 6.45) is 0. The molecule has 20 heavy (non-hydrogen) atoms. The lowest BCUT2D eigenvalue weighted by atomic mass is 10.1. The van der Waals surface area contributed by atoms with Crippen LogP contribution in [0.15, 0.2) is 30.3 Å². The number of ether oxygens (including phenoxy) is 1. The third kappa shape index (κ3) is 3.97. The second kappa shape index (κ2) is 6.27. The predicted octanol–water partition coefficient (Wildman–Crippen LogP) is 2.01. The minimum atomic E-state index is 0.0717. The number of nitrogens with zero attached hydrogens (tertiary/aromatic N) is 2. The molecule has 4 nitrogen and oxygen atoms in total. The van der Waals surface area contributed by atoms with Gasteiger partial charge in [0.1, 0.15) is 5.75 Å². The van der Waals surface area contributed by atoms with E-state index < -0.39 is 0 Å². The molecule has 1 saturated heterocycles. The van der Waals surface area contributed by atoms with Crippen LogP contribution >= 0.6 is 0 Å². The van der Waals surface area contributed by atoms with Crippen LogP contribution in [-0.2, 0) is 4.79 Å². The molecule has 4 heteroatoms. The molecule has 2 rings (SSSR count). The molecule has 1 fully saturated rings. The molecular weight excluding hydrogens is 252 g/mol. The van der Waals surface area contributed by atoms with Crippen molar-refractivity contribution in [1.82, 2.24) is 9.80 Å². The molecule has 0 spiro atoms. The van der Waals surface area contributed by atoms with E-state index in [9.17, 15) is 4.79 Å². The summed E-state index contributed by atoms with van der Waals surface area (Å²) in [5, 5.41) is 0. The molecule has 1 heterocycles. The largest absolute Gasteiger partial charge is 0.484 e. The third-order valence-corrected chi connectivity index (χ3v) is 3.69. The number of piperazine rings is 1. The van der Waals surface area contributed by atoms with Gasteiger partial charge in [-0.2, -0.15) is 0 Å². The molecule has 1 aliphatic rings. The number of rotatable bonds is 3. The van der Waals surface area contributed by atoms with Crippen LogP contribution in [0.5, 0.6) is 5.75 Å². The molecule has 0 aliphatic carbocycles. The fourth-order valence-electron chi connectivity index (χ4n) is 2.38. The highest BCUT2D eigenvalue weighted by molar-refractivity contribution is 5.77. The summed E-state index contributed by atoms with van der Waals surface area (Å²) in [7, 11) is 0. The second-order valence-corrected chi connectivity index (χ2v) is 6.14. The Hall–Kier alpha value is -1.55. The lowest BCUT2D eigenvalue weighted by Crippen LogP contribution is -2.55. The fourth-order valence-corrected chi connectivity index (χ4v) is 2.38. The molecule has 0 saturated carbocycles. The van der Waals surface area contributed by atoms with E-state index in [0.29, 0.717) is 0 Å². The van der Waals surface area contributed by atoms with Crippen LogP contribution in [-0.4, -0.2) is 54.0 Å². The van der Waals surface area contributed by atoms with Gasteiger partial charge in [0.05, 0.1) is 0 Å². The summed E-state index contributed by atoms with van der Waals surface area (Å²) in [4.78, 5) is 16.4. The van der Waals surface area contributed by atoms with Crippen LogP contribution in [0.4, 0.5) is 0 Å². The first kappa shape index (κ1) is 14.9. The van der Waals surface area contributed by atoms with Crippen molar-refractivity contribution in [2.75, 3.05) is 32.8 Å². The van der Waals surface area contributed by atoms with Crippen molar-refractivity contribution in [1.29, 1.82) is 0 Å². The number of amides is 1. The van der Waals surface area contributed by atoms with Gasteiger partial charge in [-0.1, -0.05) is 18.2 Å². The molecule has 0 radical (unpaired) electrons. The van der Waals surface area contributed by atoms with Crippen molar-refractivity contribution in [3.05, 3.63) is 30.3 Å². The topological polar surface area (TPSA) is 32.8 Å². The Morgan fingerprint density at radius 2 is 1.70 bits per heavy atom. The number of carbonyl (C=O) groups is 1. The summed E-state index contributed by atoms with van der Waals surface area (Å²) in [6.45, 7) is 10.2. The first-order valence-corrected chi connectivity index (χ1v) is 7.17. The van der Waals surface area contributed by atoms with Gasteiger partial charge >= 0.3 is 0 Å². The SMILES string of the molecule is CC(C)(C)N1CCN(C(=O)COc2ccccc2)CC1. The van der Waals surface area contributed by atoms with E-state index in [4.69, 9.17) is 4.74 Å². The Morgan fingerprint density at radius 1 is 1.10 bits per heavy atom. The van der Waals surface area contributed by atoms with E-state index in [1.165, 1.54) is 0 Å². The summed E-state index contributed by atoms with van der Waals surface area (Å²) >= 11 is 0. The molecule has 1 aromatic rings. The molecule has 0 N–H and O–H groups in total. The average Bonchev–Trinajstić information content (AvgIpc) is 2.45. The van der Waals surface area contributed by atoms with Crippen LogP contribution in [0.25, 0.3) is 0 Å². The highest BCUT2D eigenvalue weighted by Gasteiger charge is 2.27. The summed E-state index contributed by atoms with van der Waals surface area (Å²) in [6, 6.07) is 9.47. The molecule has 1 aliphatic heterocycles. The number of para-hydroxylation sites is 1. The van der Waals surface area contributed by atoms with Crippen LogP contribution < -0.4 is 4.74 Å². The van der Waals surface area contributed by atoms with Gasteiger partial charge in [-0.25, -0.2) is 0 Å². The van der Waals surface area contributed by atoms with Crippen LogP contribution in [0.1, 0.15) is 20.8 Å². The van der Waals surface area contributed by atoms with Crippen molar-refractivity contribution >= 4 is 5.91 Å². The number of carbonyl (C=O) groups excluding carboxylic acids is 1. The first-order valence-electron chi connectivity index (χ1n) is 7.17. The molecule has 1 amide bonds. The zero-order valence-electron chi connectivity index (χ0n) is 12.6. The molecular formula is C16H24N2O2. The van der Waals surface area contributed by atoms with Crippen LogP contribution in [0.3, 0.4) is 0 Å². The summed E-state index contributed by atoms with van der Waals surface area (Å²) in [5.74, 6) is 0.816. The van der Waals surface area contributed by atoms with Crippen molar-refractivity contribution in [2.45, 2.75) is 26.3 Å². The molecule has 0 atom stereocenters. The monoisotopic (exact) mass is 276 g/mol. The van der Waals surface area contributed by atoms with Gasteiger partial charge in [0.15, 0.2) is 6.61 Å². The Kier molecular flexibility index (Phi) is 4.65. The van der Waals surface area contributed by atoms with Gasteiger partial charge in [-0.05, 0) is 32.9 Å². The standard InChI is InChI=1S/C16H24N2O2/c1-16(2,3)18-11-9-17(10-12-18)15(19)13-20-14-7-5-4-6-8-14/h4-8H,9-13H2,1-3H3. The minimum Gasteiger partial charge on any atom is -0.484 e. The van der Waals surface area contributed by atoms with Gasteiger partial charge in [0.25, 0.3) is 5.91 Å². The van der Waals surface area contributed by atoms with E-state index in [0.717, 1.165) is 31.9 Å². The van der Waals surface area contributed by atoms with E-state index in [1.807, 2.05) is 35.2 Å².